The molecule has 1 aliphatic carbocycles. The van der Waals surface area contributed by atoms with Crippen molar-refractivity contribution in [1.82, 2.24) is 39.8 Å². The van der Waals surface area contributed by atoms with Crippen molar-refractivity contribution in [3.63, 3.8) is 0 Å². The molecule has 0 bridgehead atoms. The van der Waals surface area contributed by atoms with Crippen LogP contribution >= 0.6 is 0 Å². The van der Waals surface area contributed by atoms with Gasteiger partial charge in [-0.15, -0.1) is 0 Å². The Hall–Kier alpha value is -3.74. The number of nitrogens with zero attached hydrogens (tertiary/aromatic N) is 8. The number of rotatable bonds is 9. The van der Waals surface area contributed by atoms with E-state index in [1.807, 2.05) is 30.4 Å². The van der Waals surface area contributed by atoms with Crippen molar-refractivity contribution in [1.29, 1.82) is 0 Å². The van der Waals surface area contributed by atoms with Gasteiger partial charge in [-0.1, -0.05) is 17.6 Å². The molecule has 2 fully saturated rings. The smallest absolute Gasteiger partial charge is 0.261 e. The molecule has 2 unspecified atom stereocenters. The highest BCUT2D eigenvalue weighted by molar-refractivity contribution is 5.58. The molecule has 4 aromatic rings. The summed E-state index contributed by atoms with van der Waals surface area (Å²) in [6, 6.07) is 4.01. The van der Waals surface area contributed by atoms with Gasteiger partial charge in [0.2, 0.25) is 5.95 Å². The van der Waals surface area contributed by atoms with Crippen LogP contribution in [0.4, 0.5) is 5.95 Å². The lowest BCUT2D eigenvalue weighted by Crippen LogP contribution is -2.39. The van der Waals surface area contributed by atoms with Gasteiger partial charge in [0.15, 0.2) is 5.82 Å². The molecule has 12 nitrogen and oxygen atoms in total. The van der Waals surface area contributed by atoms with E-state index < -0.39 is 6.23 Å². The number of pyridine rings is 1. The number of aliphatic hydroxyl groups excluding tert-OH is 1. The van der Waals surface area contributed by atoms with Crippen molar-refractivity contribution in [3.05, 3.63) is 54.5 Å². The summed E-state index contributed by atoms with van der Waals surface area (Å²) in [5.74, 6) is 1.28. The van der Waals surface area contributed by atoms with Gasteiger partial charge in [0.05, 0.1) is 35.5 Å². The number of ether oxygens (including phenoxy) is 1. The van der Waals surface area contributed by atoms with Crippen LogP contribution in [0.3, 0.4) is 0 Å². The van der Waals surface area contributed by atoms with Gasteiger partial charge in [-0.2, -0.15) is 10.1 Å². The van der Waals surface area contributed by atoms with Crippen LogP contribution in [0.2, 0.25) is 0 Å². The van der Waals surface area contributed by atoms with E-state index in [4.69, 9.17) is 20.0 Å². The maximum atomic E-state index is 10.6. The maximum Gasteiger partial charge on any atom is 0.261 e. The number of aliphatic hydroxyl groups is 1. The van der Waals surface area contributed by atoms with Gasteiger partial charge in [-0.25, -0.2) is 9.97 Å². The number of aromatic nitrogens is 7. The first kappa shape index (κ1) is 24.6. The second-order valence-electron chi connectivity index (χ2n) is 10.1. The minimum absolute atomic E-state index is 0.177. The average Bonchev–Trinajstić information content (AvgIpc) is 3.67. The molecule has 0 amide bonds. The molecule has 3 N–H and O–H groups in total. The van der Waals surface area contributed by atoms with E-state index in [1.54, 1.807) is 23.3 Å². The lowest BCUT2D eigenvalue weighted by Gasteiger charge is -2.39. The van der Waals surface area contributed by atoms with Gasteiger partial charge in [0.1, 0.15) is 6.23 Å². The van der Waals surface area contributed by atoms with Crippen molar-refractivity contribution >= 4 is 5.95 Å². The third-order valence-corrected chi connectivity index (χ3v) is 7.60. The molecule has 2 aliphatic rings. The highest BCUT2D eigenvalue weighted by atomic mass is 16.5. The molecule has 0 aromatic carbocycles. The van der Waals surface area contributed by atoms with E-state index >= 15 is 0 Å². The van der Waals surface area contributed by atoms with E-state index in [1.165, 1.54) is 0 Å². The molecule has 4 aromatic heterocycles. The fraction of sp³-hybridized carbons (Fsp3) is 0.462. The summed E-state index contributed by atoms with van der Waals surface area (Å²) in [6.07, 6.45) is 13.2. The van der Waals surface area contributed by atoms with Crippen molar-refractivity contribution in [2.45, 2.75) is 56.4 Å². The number of hydrogen-bond acceptors (Lipinski definition) is 11. The molecule has 1 saturated heterocycles. The normalized spacial score (nSPS) is 19.5. The summed E-state index contributed by atoms with van der Waals surface area (Å²) in [6.45, 7) is 1.81. The molecule has 198 valence electrons. The fourth-order valence-electron chi connectivity index (χ4n) is 5.14. The Morgan fingerprint density at radius 1 is 1.13 bits per heavy atom. The van der Waals surface area contributed by atoms with Gasteiger partial charge < -0.3 is 20.1 Å². The topological polar surface area (TPSA) is 154 Å². The number of likely N-dealkylation sites (N-methyl/N-ethyl adjacent to an activating group) is 1. The zero-order valence-electron chi connectivity index (χ0n) is 21.3. The van der Waals surface area contributed by atoms with Crippen LogP contribution in [0.5, 0.6) is 0 Å². The van der Waals surface area contributed by atoms with Crippen LogP contribution in [0.25, 0.3) is 22.7 Å². The van der Waals surface area contributed by atoms with Gasteiger partial charge in [0, 0.05) is 43.5 Å². The van der Waals surface area contributed by atoms with Crippen molar-refractivity contribution in [2.75, 3.05) is 25.9 Å². The second-order valence-corrected chi connectivity index (χ2v) is 10.1. The summed E-state index contributed by atoms with van der Waals surface area (Å²) in [4.78, 5) is 19.4. The van der Waals surface area contributed by atoms with E-state index in [-0.39, 0.29) is 17.5 Å². The highest BCUT2D eigenvalue weighted by Crippen LogP contribution is 2.48. The number of anilines is 1. The standard InChI is InChI=1S/C26H31N9O3/c1-34(15-20-4-2-9-37-20)22(36)16-35-14-18(12-31-35)23-32-24(33-38-23)26(7-3-8-26)19-5-6-21(28-13-19)17-10-29-25(27)30-11-17/h5-6,10-14,20,22,36H,2-4,7-9,15-16H2,1H3,(H2,27,29,30). The summed E-state index contributed by atoms with van der Waals surface area (Å²) in [5.41, 5.74) is 8.59. The highest BCUT2D eigenvalue weighted by Gasteiger charge is 2.45. The molecule has 5 heterocycles. The quantitative estimate of drug-likeness (QED) is 0.314. The molecule has 6 rings (SSSR count). The van der Waals surface area contributed by atoms with Crippen molar-refractivity contribution in [2.24, 2.45) is 0 Å². The summed E-state index contributed by atoms with van der Waals surface area (Å²) >= 11 is 0. The van der Waals surface area contributed by atoms with Gasteiger partial charge in [0.25, 0.3) is 5.89 Å². The molecule has 12 heteroatoms. The minimum Gasteiger partial charge on any atom is -0.377 e. The second kappa shape index (κ2) is 10.2. The molecule has 38 heavy (non-hydrogen) atoms. The monoisotopic (exact) mass is 517 g/mol. The van der Waals surface area contributed by atoms with Crippen molar-refractivity contribution < 1.29 is 14.4 Å². The van der Waals surface area contributed by atoms with E-state index in [2.05, 4.69) is 31.3 Å². The lowest BCUT2D eigenvalue weighted by atomic mass is 9.64. The Morgan fingerprint density at radius 3 is 2.66 bits per heavy atom. The van der Waals surface area contributed by atoms with Crippen LogP contribution in [0.1, 0.15) is 43.5 Å². The van der Waals surface area contributed by atoms with Crippen LogP contribution in [0.15, 0.2) is 47.6 Å². The zero-order chi connectivity index (χ0) is 26.1. The summed E-state index contributed by atoms with van der Waals surface area (Å²) in [7, 11) is 1.89. The number of hydrogen-bond donors (Lipinski definition) is 2. The first-order chi connectivity index (χ1) is 18.5. The molecule has 0 spiro atoms. The van der Waals surface area contributed by atoms with E-state index in [0.717, 1.165) is 55.5 Å². The molecule has 2 atom stereocenters. The Labute approximate surface area is 219 Å². The minimum atomic E-state index is -0.682. The first-order valence-electron chi connectivity index (χ1n) is 12.9. The van der Waals surface area contributed by atoms with Gasteiger partial charge in [-0.3, -0.25) is 14.6 Å². The molecule has 0 radical (unpaired) electrons. The third-order valence-electron chi connectivity index (χ3n) is 7.60. The Bertz CT molecular complexity index is 1360. The van der Waals surface area contributed by atoms with Crippen LogP contribution < -0.4 is 5.73 Å². The maximum absolute atomic E-state index is 10.6. The van der Waals surface area contributed by atoms with Gasteiger partial charge in [-0.05, 0) is 44.4 Å². The largest absolute Gasteiger partial charge is 0.377 e. The van der Waals surface area contributed by atoms with E-state index in [0.29, 0.717) is 30.4 Å². The Morgan fingerprint density at radius 2 is 1.97 bits per heavy atom. The molecule has 1 aliphatic heterocycles. The van der Waals surface area contributed by atoms with Crippen LogP contribution in [0, 0.1) is 0 Å². The SMILES string of the molecule is CN(CC1CCCO1)C(O)Cn1cc(-c2nc(C3(c4ccc(-c5cnc(N)nc5)nc4)CCC3)no2)cn1. The fourth-order valence-corrected chi connectivity index (χ4v) is 5.14. The Balaban J connectivity index is 1.15. The number of nitrogen functional groups attached to an aromatic ring is 1. The Kier molecular flexibility index (Phi) is 6.60. The molecule has 1 saturated carbocycles. The third kappa shape index (κ3) is 4.77. The van der Waals surface area contributed by atoms with Crippen LogP contribution in [-0.4, -0.2) is 77.4 Å². The summed E-state index contributed by atoms with van der Waals surface area (Å²) in [5, 5.41) is 19.4. The first-order valence-corrected chi connectivity index (χ1v) is 12.9. The van der Waals surface area contributed by atoms with Crippen LogP contribution in [-0.2, 0) is 16.7 Å². The average molecular weight is 518 g/mol. The molecular formula is C26H31N9O3. The van der Waals surface area contributed by atoms with Crippen molar-refractivity contribution in [3.8, 4) is 22.7 Å². The summed E-state index contributed by atoms with van der Waals surface area (Å²) < 4.78 is 13.0. The number of nitrogens with two attached hydrogens (primary N) is 1. The zero-order valence-corrected chi connectivity index (χ0v) is 21.3. The predicted octanol–water partition coefficient (Wildman–Crippen LogP) is 2.27. The predicted molar refractivity (Wildman–Crippen MR) is 137 cm³/mol. The lowest BCUT2D eigenvalue weighted by molar-refractivity contribution is -0.0234. The molecular weight excluding hydrogens is 486 g/mol. The van der Waals surface area contributed by atoms with E-state index in [9.17, 15) is 5.11 Å². The van der Waals surface area contributed by atoms with Gasteiger partial charge >= 0.3 is 0 Å².